The van der Waals surface area contributed by atoms with E-state index in [9.17, 15) is 4.79 Å². The molecule has 2 N–H and O–H groups in total. The number of nitrogens with one attached hydrogen (secondary N) is 2. The molecular formula is C20H28ClN2O4+. The van der Waals surface area contributed by atoms with Crippen LogP contribution in [0.25, 0.3) is 0 Å². The maximum atomic E-state index is 12.9. The molecule has 1 aromatic carbocycles. The van der Waals surface area contributed by atoms with Crippen LogP contribution in [0.4, 0.5) is 0 Å². The molecule has 1 saturated carbocycles. The van der Waals surface area contributed by atoms with E-state index in [4.69, 9.17) is 25.8 Å². The van der Waals surface area contributed by atoms with Crippen molar-refractivity contribution in [3.63, 3.8) is 0 Å². The summed E-state index contributed by atoms with van der Waals surface area (Å²) in [7, 11) is 0. The Kier molecular flexibility index (Phi) is 5.76. The number of hydrogen-bond donors (Lipinski definition) is 2. The van der Waals surface area contributed by atoms with Crippen LogP contribution in [0.2, 0.25) is 5.02 Å². The Bertz CT molecular complexity index is 685. The summed E-state index contributed by atoms with van der Waals surface area (Å²) >= 11 is 6.29. The van der Waals surface area contributed by atoms with Gasteiger partial charge in [0.05, 0.1) is 24.8 Å². The Morgan fingerprint density at radius 2 is 1.81 bits per heavy atom. The minimum Gasteiger partial charge on any atom is -0.486 e. The Morgan fingerprint density at radius 3 is 2.59 bits per heavy atom. The van der Waals surface area contributed by atoms with Crippen LogP contribution in [0.1, 0.15) is 42.5 Å². The van der Waals surface area contributed by atoms with Gasteiger partial charge in [-0.1, -0.05) is 18.0 Å². The van der Waals surface area contributed by atoms with E-state index in [1.165, 1.54) is 19.3 Å². The lowest BCUT2D eigenvalue weighted by atomic mass is 9.79. The van der Waals surface area contributed by atoms with Crippen LogP contribution in [0.3, 0.4) is 0 Å². The third-order valence-electron chi connectivity index (χ3n) is 6.10. The molecule has 0 unspecified atom stereocenters. The number of rotatable bonds is 4. The molecule has 0 atom stereocenters. The van der Waals surface area contributed by atoms with Crippen LogP contribution in [-0.2, 0) is 4.74 Å². The summed E-state index contributed by atoms with van der Waals surface area (Å²) in [5, 5.41) is 3.61. The number of morpholine rings is 1. The number of amides is 1. The van der Waals surface area contributed by atoms with Gasteiger partial charge in [0.1, 0.15) is 31.8 Å². The SMILES string of the molecule is O=C(NCC1([NH+]2CCOCC2)CCCCC1)c1cc(Cl)c2c(c1)OCCO2. The van der Waals surface area contributed by atoms with Gasteiger partial charge in [0.2, 0.25) is 0 Å². The molecule has 0 aromatic heterocycles. The van der Waals surface area contributed by atoms with Crippen molar-refractivity contribution >= 4 is 17.5 Å². The molecule has 27 heavy (non-hydrogen) atoms. The van der Waals surface area contributed by atoms with Gasteiger partial charge in [-0.3, -0.25) is 4.79 Å². The summed E-state index contributed by atoms with van der Waals surface area (Å²) in [6.07, 6.45) is 6.07. The van der Waals surface area contributed by atoms with Crippen molar-refractivity contribution in [3.8, 4) is 11.5 Å². The van der Waals surface area contributed by atoms with Gasteiger partial charge in [-0.15, -0.1) is 0 Å². The predicted molar refractivity (Wildman–Crippen MR) is 102 cm³/mol. The molecule has 4 rings (SSSR count). The fourth-order valence-electron chi connectivity index (χ4n) is 4.63. The number of quaternary nitrogens is 1. The van der Waals surface area contributed by atoms with Gasteiger partial charge in [0, 0.05) is 18.4 Å². The molecule has 2 aliphatic heterocycles. The average molecular weight is 396 g/mol. The van der Waals surface area contributed by atoms with Crippen molar-refractivity contribution in [2.75, 3.05) is 46.1 Å². The number of fused-ring (bicyclic) bond motifs is 1. The molecular weight excluding hydrogens is 368 g/mol. The van der Waals surface area contributed by atoms with Gasteiger partial charge in [0.25, 0.3) is 5.91 Å². The Labute approximate surface area is 165 Å². The fourth-order valence-corrected chi connectivity index (χ4v) is 4.89. The maximum Gasteiger partial charge on any atom is 0.251 e. The first-order valence-corrected chi connectivity index (χ1v) is 10.4. The molecule has 0 spiro atoms. The van der Waals surface area contributed by atoms with Crippen LogP contribution in [-0.4, -0.2) is 57.5 Å². The zero-order valence-corrected chi connectivity index (χ0v) is 16.4. The van der Waals surface area contributed by atoms with Gasteiger partial charge in [-0.2, -0.15) is 0 Å². The van der Waals surface area contributed by atoms with Crippen LogP contribution < -0.4 is 19.7 Å². The highest BCUT2D eigenvalue weighted by molar-refractivity contribution is 6.32. The molecule has 0 bridgehead atoms. The number of carbonyl (C=O) groups is 1. The van der Waals surface area contributed by atoms with E-state index >= 15 is 0 Å². The topological polar surface area (TPSA) is 61.2 Å². The predicted octanol–water partition coefficient (Wildman–Crippen LogP) is 1.46. The minimum absolute atomic E-state index is 0.105. The molecule has 1 aromatic rings. The van der Waals surface area contributed by atoms with E-state index in [0.29, 0.717) is 41.8 Å². The first-order chi connectivity index (χ1) is 13.2. The third kappa shape index (κ3) is 4.03. The lowest BCUT2D eigenvalue weighted by Crippen LogP contribution is -3.23. The lowest BCUT2D eigenvalue weighted by molar-refractivity contribution is -0.960. The number of hydrogen-bond acceptors (Lipinski definition) is 4. The van der Waals surface area contributed by atoms with Crippen LogP contribution >= 0.6 is 11.6 Å². The molecule has 148 valence electrons. The molecule has 2 fully saturated rings. The summed E-state index contributed by atoms with van der Waals surface area (Å²) in [5.74, 6) is 0.970. The van der Waals surface area contributed by atoms with Gasteiger partial charge in [-0.05, 0) is 25.0 Å². The number of ether oxygens (including phenoxy) is 3. The van der Waals surface area contributed by atoms with Crippen molar-refractivity contribution in [1.29, 1.82) is 0 Å². The highest BCUT2D eigenvalue weighted by atomic mass is 35.5. The van der Waals surface area contributed by atoms with E-state index in [1.807, 2.05) is 0 Å². The molecule has 3 aliphatic rings. The molecule has 6 nitrogen and oxygen atoms in total. The lowest BCUT2D eigenvalue weighted by Gasteiger charge is -2.45. The summed E-state index contributed by atoms with van der Waals surface area (Å²) < 4.78 is 16.7. The Balaban J connectivity index is 1.47. The Morgan fingerprint density at radius 1 is 1.07 bits per heavy atom. The number of carbonyl (C=O) groups excluding carboxylic acids is 1. The van der Waals surface area contributed by atoms with Crippen molar-refractivity contribution < 1.29 is 23.9 Å². The average Bonchev–Trinajstić information content (AvgIpc) is 2.73. The van der Waals surface area contributed by atoms with E-state index in [0.717, 1.165) is 39.1 Å². The summed E-state index contributed by atoms with van der Waals surface area (Å²) in [6, 6.07) is 3.39. The normalized spacial score (nSPS) is 22.3. The van der Waals surface area contributed by atoms with Crippen molar-refractivity contribution in [2.45, 2.75) is 37.6 Å². The second kappa shape index (κ2) is 8.25. The van der Waals surface area contributed by atoms with Crippen molar-refractivity contribution in [3.05, 3.63) is 22.7 Å². The fraction of sp³-hybridized carbons (Fsp3) is 0.650. The van der Waals surface area contributed by atoms with E-state index in [-0.39, 0.29) is 11.4 Å². The molecule has 1 saturated heterocycles. The van der Waals surface area contributed by atoms with Crippen molar-refractivity contribution in [1.82, 2.24) is 5.32 Å². The van der Waals surface area contributed by atoms with Crippen molar-refractivity contribution in [2.24, 2.45) is 0 Å². The van der Waals surface area contributed by atoms with Gasteiger partial charge >= 0.3 is 0 Å². The largest absolute Gasteiger partial charge is 0.486 e. The summed E-state index contributed by atoms with van der Waals surface area (Å²) in [6.45, 7) is 5.29. The molecule has 2 heterocycles. The zero-order valence-electron chi connectivity index (χ0n) is 15.7. The zero-order chi connectivity index (χ0) is 18.7. The summed E-state index contributed by atoms with van der Waals surface area (Å²) in [5.41, 5.74) is 0.641. The molecule has 0 radical (unpaired) electrons. The quantitative estimate of drug-likeness (QED) is 0.810. The number of halogens is 1. The van der Waals surface area contributed by atoms with E-state index < -0.39 is 0 Å². The smallest absolute Gasteiger partial charge is 0.251 e. The highest BCUT2D eigenvalue weighted by Gasteiger charge is 2.42. The van der Waals surface area contributed by atoms with Crippen LogP contribution in [0.5, 0.6) is 11.5 Å². The molecule has 1 amide bonds. The maximum absolute atomic E-state index is 12.9. The highest BCUT2D eigenvalue weighted by Crippen LogP contribution is 2.38. The standard InChI is InChI=1S/C20H27ClN2O4/c21-16-12-15(13-17-18(16)27-11-10-26-17)19(24)22-14-20(4-2-1-3-5-20)23-6-8-25-9-7-23/h12-13H,1-11,14H2,(H,22,24)/p+1. The van der Waals surface area contributed by atoms with Crippen LogP contribution in [0, 0.1) is 0 Å². The van der Waals surface area contributed by atoms with Gasteiger partial charge in [0.15, 0.2) is 11.5 Å². The van der Waals surface area contributed by atoms with E-state index in [2.05, 4.69) is 5.32 Å². The van der Waals surface area contributed by atoms with Gasteiger partial charge < -0.3 is 24.4 Å². The molecule has 1 aliphatic carbocycles. The van der Waals surface area contributed by atoms with Crippen LogP contribution in [0.15, 0.2) is 12.1 Å². The van der Waals surface area contributed by atoms with E-state index in [1.54, 1.807) is 17.0 Å². The molecule has 7 heteroatoms. The second-order valence-electron chi connectivity index (χ2n) is 7.72. The minimum atomic E-state index is -0.105. The second-order valence-corrected chi connectivity index (χ2v) is 8.13. The Hall–Kier alpha value is -1.50. The van der Waals surface area contributed by atoms with Gasteiger partial charge in [-0.25, -0.2) is 0 Å². The first-order valence-electron chi connectivity index (χ1n) is 9.98. The third-order valence-corrected chi connectivity index (χ3v) is 6.38. The number of benzene rings is 1. The monoisotopic (exact) mass is 395 g/mol. The summed E-state index contributed by atoms with van der Waals surface area (Å²) in [4.78, 5) is 14.4. The first kappa shape index (κ1) is 18.8.